The summed E-state index contributed by atoms with van der Waals surface area (Å²) in [6.07, 6.45) is 11.8. The number of imidazole rings is 1. The van der Waals surface area contributed by atoms with Crippen LogP contribution in [-0.4, -0.2) is 29.7 Å². The molecule has 1 fully saturated rings. The summed E-state index contributed by atoms with van der Waals surface area (Å²) in [4.78, 5) is 17.2. The molecule has 0 aliphatic heterocycles. The molecule has 1 aliphatic rings. The molecular formula is C18H16N6O. The van der Waals surface area contributed by atoms with E-state index < -0.39 is 0 Å². The summed E-state index contributed by atoms with van der Waals surface area (Å²) in [5.74, 6) is 0.887. The predicted molar refractivity (Wildman–Crippen MR) is 91.6 cm³/mol. The molecule has 0 atom stereocenters. The van der Waals surface area contributed by atoms with Gasteiger partial charge >= 0.3 is 0 Å². The van der Waals surface area contributed by atoms with Gasteiger partial charge in [0.05, 0.1) is 23.6 Å². The zero-order valence-corrected chi connectivity index (χ0v) is 13.5. The molecule has 0 unspecified atom stereocenters. The van der Waals surface area contributed by atoms with Crippen LogP contribution in [0.4, 0.5) is 0 Å². The van der Waals surface area contributed by atoms with Crippen molar-refractivity contribution < 1.29 is 4.52 Å². The van der Waals surface area contributed by atoms with E-state index in [9.17, 15) is 0 Å². The molecule has 7 heteroatoms. The van der Waals surface area contributed by atoms with Gasteiger partial charge in [0.1, 0.15) is 5.69 Å². The largest absolute Gasteiger partial charge is 0.332 e. The van der Waals surface area contributed by atoms with E-state index in [1.807, 2.05) is 18.5 Å². The zero-order chi connectivity index (χ0) is 16.6. The Bertz CT molecular complexity index is 1020. The van der Waals surface area contributed by atoms with Crippen LogP contribution in [0.15, 0.2) is 47.6 Å². The van der Waals surface area contributed by atoms with Crippen molar-refractivity contribution in [2.24, 2.45) is 0 Å². The van der Waals surface area contributed by atoms with Crippen molar-refractivity contribution in [3.05, 3.63) is 43.1 Å². The third-order valence-electron chi connectivity index (χ3n) is 4.76. The summed E-state index contributed by atoms with van der Waals surface area (Å²) in [5.41, 5.74) is 3.56. The number of fused-ring (bicyclic) bond motifs is 1. The van der Waals surface area contributed by atoms with Gasteiger partial charge in [0.2, 0.25) is 5.82 Å². The molecule has 0 saturated heterocycles. The molecule has 3 heterocycles. The van der Waals surface area contributed by atoms with Gasteiger partial charge in [0.15, 0.2) is 0 Å². The normalized spacial score (nSPS) is 15.2. The summed E-state index contributed by atoms with van der Waals surface area (Å²) < 4.78 is 7.61. The molecule has 7 nitrogen and oxygen atoms in total. The Hall–Kier alpha value is -3.09. The molecule has 1 aliphatic carbocycles. The van der Waals surface area contributed by atoms with E-state index in [0.29, 0.717) is 23.5 Å². The highest BCUT2D eigenvalue weighted by atomic mass is 16.5. The minimum Gasteiger partial charge on any atom is -0.332 e. The van der Waals surface area contributed by atoms with Gasteiger partial charge in [-0.25, -0.2) is 9.97 Å². The molecule has 0 N–H and O–H groups in total. The number of hydrogen-bond acceptors (Lipinski definition) is 6. The number of nitrogens with zero attached hydrogens (tertiary/aromatic N) is 6. The highest BCUT2D eigenvalue weighted by molar-refractivity contribution is 5.81. The van der Waals surface area contributed by atoms with Gasteiger partial charge in [-0.05, 0) is 31.0 Å². The second-order valence-electron chi connectivity index (χ2n) is 6.31. The molecular weight excluding hydrogens is 316 g/mol. The molecule has 25 heavy (non-hydrogen) atoms. The summed E-state index contributed by atoms with van der Waals surface area (Å²) in [6, 6.07) is 6.69. The van der Waals surface area contributed by atoms with Crippen LogP contribution in [-0.2, 0) is 0 Å². The molecule has 0 amide bonds. The van der Waals surface area contributed by atoms with Crippen LogP contribution in [0.2, 0.25) is 0 Å². The van der Waals surface area contributed by atoms with Crippen molar-refractivity contribution in [3.8, 4) is 23.0 Å². The second kappa shape index (κ2) is 5.77. The monoisotopic (exact) mass is 332 g/mol. The lowest BCUT2D eigenvalue weighted by Gasteiger charge is -2.11. The predicted octanol–water partition coefficient (Wildman–Crippen LogP) is 3.66. The van der Waals surface area contributed by atoms with Gasteiger partial charge in [-0.2, -0.15) is 4.98 Å². The van der Waals surface area contributed by atoms with Gasteiger partial charge in [-0.1, -0.05) is 18.0 Å². The molecule has 5 rings (SSSR count). The van der Waals surface area contributed by atoms with Gasteiger partial charge in [0.25, 0.3) is 5.89 Å². The molecule has 3 aromatic heterocycles. The zero-order valence-electron chi connectivity index (χ0n) is 13.5. The summed E-state index contributed by atoms with van der Waals surface area (Å²) >= 11 is 0. The third kappa shape index (κ3) is 2.48. The highest BCUT2D eigenvalue weighted by Crippen LogP contribution is 2.33. The van der Waals surface area contributed by atoms with Crippen molar-refractivity contribution in [2.45, 2.75) is 31.7 Å². The minimum absolute atomic E-state index is 0.361. The quantitative estimate of drug-likeness (QED) is 0.569. The molecule has 0 bridgehead atoms. The van der Waals surface area contributed by atoms with Crippen molar-refractivity contribution in [1.29, 1.82) is 0 Å². The van der Waals surface area contributed by atoms with Crippen molar-refractivity contribution >= 4 is 11.0 Å². The Morgan fingerprint density at radius 3 is 2.84 bits per heavy atom. The average molecular weight is 332 g/mol. The Morgan fingerprint density at radius 1 is 1.08 bits per heavy atom. The number of aromatic nitrogens is 6. The van der Waals surface area contributed by atoms with Crippen LogP contribution < -0.4 is 0 Å². The first-order valence-corrected chi connectivity index (χ1v) is 8.45. The van der Waals surface area contributed by atoms with Crippen LogP contribution in [0.3, 0.4) is 0 Å². The highest BCUT2D eigenvalue weighted by Gasteiger charge is 2.19. The minimum atomic E-state index is 0.361. The van der Waals surface area contributed by atoms with E-state index in [2.05, 4.69) is 35.7 Å². The van der Waals surface area contributed by atoms with E-state index in [4.69, 9.17) is 4.52 Å². The first-order valence-electron chi connectivity index (χ1n) is 8.45. The number of rotatable bonds is 3. The molecule has 4 aromatic rings. The van der Waals surface area contributed by atoms with Crippen LogP contribution in [0, 0.1) is 0 Å². The SMILES string of the molecule is c1cnc(-c2nc(-c3ccc4c(c3)ncn4C3CCCC3)no2)cn1. The summed E-state index contributed by atoms with van der Waals surface area (Å²) in [5, 5.41) is 4.07. The second-order valence-corrected chi connectivity index (χ2v) is 6.31. The Labute approximate surface area is 143 Å². The Kier molecular flexibility index (Phi) is 3.29. The van der Waals surface area contributed by atoms with E-state index in [0.717, 1.165) is 16.6 Å². The topological polar surface area (TPSA) is 82.5 Å². The molecule has 0 radical (unpaired) electrons. The maximum absolute atomic E-state index is 5.31. The van der Waals surface area contributed by atoms with Gasteiger partial charge in [-0.3, -0.25) is 4.98 Å². The van der Waals surface area contributed by atoms with E-state index in [-0.39, 0.29) is 0 Å². The Morgan fingerprint density at radius 2 is 2.00 bits per heavy atom. The average Bonchev–Trinajstić information content (AvgIpc) is 3.41. The number of hydrogen-bond donors (Lipinski definition) is 0. The summed E-state index contributed by atoms with van der Waals surface area (Å²) in [6.45, 7) is 0. The lowest BCUT2D eigenvalue weighted by molar-refractivity contribution is 0.431. The fourth-order valence-corrected chi connectivity index (χ4v) is 3.50. The maximum atomic E-state index is 5.31. The van der Waals surface area contributed by atoms with Crippen molar-refractivity contribution in [1.82, 2.24) is 29.7 Å². The molecule has 124 valence electrons. The first-order chi connectivity index (χ1) is 12.4. The molecule has 1 aromatic carbocycles. The lowest BCUT2D eigenvalue weighted by Crippen LogP contribution is -2.02. The Balaban J connectivity index is 1.50. The van der Waals surface area contributed by atoms with Gasteiger partial charge < -0.3 is 9.09 Å². The van der Waals surface area contributed by atoms with Crippen LogP contribution in [0.25, 0.3) is 34.0 Å². The fourth-order valence-electron chi connectivity index (χ4n) is 3.50. The number of benzene rings is 1. The van der Waals surface area contributed by atoms with E-state index in [1.54, 1.807) is 18.6 Å². The van der Waals surface area contributed by atoms with E-state index >= 15 is 0 Å². The fraction of sp³-hybridized carbons (Fsp3) is 0.278. The van der Waals surface area contributed by atoms with E-state index in [1.165, 1.54) is 25.7 Å². The van der Waals surface area contributed by atoms with Crippen LogP contribution >= 0.6 is 0 Å². The standard InChI is InChI=1S/C18H16N6O/c1-2-4-13(3-1)24-11-21-14-9-12(5-6-16(14)24)17-22-18(25-23-17)15-10-19-7-8-20-15/h5-11,13H,1-4H2. The third-order valence-corrected chi connectivity index (χ3v) is 4.76. The molecule has 1 saturated carbocycles. The first kappa shape index (κ1) is 14.3. The van der Waals surface area contributed by atoms with Crippen molar-refractivity contribution in [3.63, 3.8) is 0 Å². The van der Waals surface area contributed by atoms with Crippen LogP contribution in [0.1, 0.15) is 31.7 Å². The smallest absolute Gasteiger partial charge is 0.278 e. The lowest BCUT2D eigenvalue weighted by atomic mass is 10.1. The summed E-state index contributed by atoms with van der Waals surface area (Å²) in [7, 11) is 0. The maximum Gasteiger partial charge on any atom is 0.278 e. The van der Waals surface area contributed by atoms with Gasteiger partial charge in [0, 0.05) is 24.0 Å². The van der Waals surface area contributed by atoms with Crippen molar-refractivity contribution in [2.75, 3.05) is 0 Å². The van der Waals surface area contributed by atoms with Crippen LogP contribution in [0.5, 0.6) is 0 Å². The van der Waals surface area contributed by atoms with Gasteiger partial charge in [-0.15, -0.1) is 0 Å². The molecule has 0 spiro atoms.